The minimum absolute atomic E-state index is 0.0127. The molecule has 4 N–H and O–H groups in total. The molecule has 0 aromatic heterocycles. The van der Waals surface area contributed by atoms with Gasteiger partial charge in [-0.2, -0.15) is 0 Å². The zero-order chi connectivity index (χ0) is 7.40. The molecule has 4 nitrogen and oxygen atoms in total. The van der Waals surface area contributed by atoms with E-state index in [0.29, 0.717) is 6.42 Å². The van der Waals surface area contributed by atoms with Crippen LogP contribution >= 0.6 is 0 Å². The van der Waals surface area contributed by atoms with Crippen LogP contribution in [0.25, 0.3) is 0 Å². The Balaban J connectivity index is 2.25. The summed E-state index contributed by atoms with van der Waals surface area (Å²) in [6.45, 7) is 1.78. The molecule has 0 aromatic rings. The van der Waals surface area contributed by atoms with Gasteiger partial charge < -0.3 is 15.5 Å². The summed E-state index contributed by atoms with van der Waals surface area (Å²) in [5.41, 5.74) is 0. The largest absolute Gasteiger partial charge is 0.396 e. The third-order valence-corrected chi connectivity index (χ3v) is 1.71. The molecule has 2 atom stereocenters. The lowest BCUT2D eigenvalue weighted by Crippen LogP contribution is -2.56. The van der Waals surface area contributed by atoms with Crippen LogP contribution < -0.4 is 10.6 Å². The van der Waals surface area contributed by atoms with Gasteiger partial charge in [-0.1, -0.05) is 0 Å². The second kappa shape index (κ2) is 3.88. The molecule has 2 unspecified atom stereocenters. The topological polar surface area (TPSA) is 64.5 Å². The Morgan fingerprint density at radius 2 is 2.00 bits per heavy atom. The Labute approximate surface area is 60.2 Å². The van der Waals surface area contributed by atoms with E-state index in [1.807, 2.05) is 0 Å². The lowest BCUT2D eigenvalue weighted by Gasteiger charge is -2.29. The fourth-order valence-corrected chi connectivity index (χ4v) is 1.13. The van der Waals surface area contributed by atoms with Gasteiger partial charge in [-0.05, 0) is 6.42 Å². The highest BCUT2D eigenvalue weighted by atomic mass is 16.3. The highest BCUT2D eigenvalue weighted by Crippen LogP contribution is 1.98. The summed E-state index contributed by atoms with van der Waals surface area (Å²) in [6, 6.07) is 0.0127. The van der Waals surface area contributed by atoms with Gasteiger partial charge in [0.15, 0.2) is 0 Å². The van der Waals surface area contributed by atoms with Gasteiger partial charge in [-0.25, -0.2) is 0 Å². The van der Waals surface area contributed by atoms with Crippen molar-refractivity contribution in [2.24, 2.45) is 0 Å². The van der Waals surface area contributed by atoms with Crippen molar-refractivity contribution in [2.75, 3.05) is 19.7 Å². The Bertz CT molecular complexity index is 97.7. The van der Waals surface area contributed by atoms with Gasteiger partial charge >= 0.3 is 0 Å². The quantitative estimate of drug-likeness (QED) is 0.373. The smallest absolute Gasteiger partial charge is 0.120 e. The van der Waals surface area contributed by atoms with Gasteiger partial charge in [-0.3, -0.25) is 5.32 Å². The van der Waals surface area contributed by atoms with Crippen LogP contribution in [0.3, 0.4) is 0 Å². The van der Waals surface area contributed by atoms with Gasteiger partial charge in [0.2, 0.25) is 0 Å². The Morgan fingerprint density at radius 1 is 1.30 bits per heavy atom. The SMILES string of the molecule is OCCC1NCCNC1O. The maximum absolute atomic E-state index is 9.22. The molecule has 0 aromatic carbocycles. The molecule has 0 spiro atoms. The second-order valence-electron chi connectivity index (χ2n) is 2.47. The third kappa shape index (κ3) is 1.91. The Hall–Kier alpha value is -0.160. The van der Waals surface area contributed by atoms with E-state index in [-0.39, 0.29) is 12.6 Å². The minimum atomic E-state index is -0.499. The van der Waals surface area contributed by atoms with Crippen LogP contribution in [0.15, 0.2) is 0 Å². The molecule has 1 saturated heterocycles. The van der Waals surface area contributed by atoms with Crippen molar-refractivity contribution in [2.45, 2.75) is 18.7 Å². The van der Waals surface area contributed by atoms with E-state index in [0.717, 1.165) is 13.1 Å². The molecule has 1 fully saturated rings. The van der Waals surface area contributed by atoms with Gasteiger partial charge in [-0.15, -0.1) is 0 Å². The standard InChI is InChI=1S/C6H14N2O2/c9-4-1-5-6(10)8-3-2-7-5/h5-10H,1-4H2. The number of hydrogen-bond donors (Lipinski definition) is 4. The lowest BCUT2D eigenvalue weighted by molar-refractivity contribution is 0.0635. The van der Waals surface area contributed by atoms with Crippen LogP contribution in [-0.2, 0) is 0 Å². The summed E-state index contributed by atoms with van der Waals surface area (Å²) in [7, 11) is 0. The first-order valence-electron chi connectivity index (χ1n) is 3.60. The molecule has 0 aliphatic carbocycles. The predicted molar refractivity (Wildman–Crippen MR) is 37.5 cm³/mol. The van der Waals surface area contributed by atoms with Crippen LogP contribution in [0, 0.1) is 0 Å². The van der Waals surface area contributed by atoms with E-state index in [1.165, 1.54) is 0 Å². The first kappa shape index (κ1) is 7.94. The Morgan fingerprint density at radius 3 is 2.60 bits per heavy atom. The van der Waals surface area contributed by atoms with Crippen LogP contribution in [-0.4, -0.2) is 42.2 Å². The molecule has 0 radical (unpaired) electrons. The van der Waals surface area contributed by atoms with Crippen molar-refractivity contribution in [3.05, 3.63) is 0 Å². The molecular weight excluding hydrogens is 132 g/mol. The van der Waals surface area contributed by atoms with Gasteiger partial charge in [0.25, 0.3) is 0 Å². The zero-order valence-corrected chi connectivity index (χ0v) is 5.88. The molecule has 0 saturated carbocycles. The second-order valence-corrected chi connectivity index (χ2v) is 2.47. The summed E-state index contributed by atoms with van der Waals surface area (Å²) in [6.07, 6.45) is 0.106. The highest BCUT2D eigenvalue weighted by Gasteiger charge is 2.20. The minimum Gasteiger partial charge on any atom is -0.396 e. The molecule has 10 heavy (non-hydrogen) atoms. The summed E-state index contributed by atoms with van der Waals surface area (Å²) >= 11 is 0. The number of nitrogens with one attached hydrogen (secondary N) is 2. The zero-order valence-electron chi connectivity index (χ0n) is 5.88. The van der Waals surface area contributed by atoms with Crippen molar-refractivity contribution in [3.63, 3.8) is 0 Å². The maximum atomic E-state index is 9.22. The highest BCUT2D eigenvalue weighted by molar-refractivity contribution is 4.78. The van der Waals surface area contributed by atoms with Crippen LogP contribution in [0.4, 0.5) is 0 Å². The van der Waals surface area contributed by atoms with Crippen molar-refractivity contribution in [1.82, 2.24) is 10.6 Å². The molecule has 1 heterocycles. The molecule has 0 amide bonds. The summed E-state index contributed by atoms with van der Waals surface area (Å²) in [5, 5.41) is 23.8. The third-order valence-electron chi connectivity index (χ3n) is 1.71. The van der Waals surface area contributed by atoms with Gasteiger partial charge in [0, 0.05) is 25.7 Å². The van der Waals surface area contributed by atoms with E-state index in [2.05, 4.69) is 10.6 Å². The summed E-state index contributed by atoms with van der Waals surface area (Å²) in [4.78, 5) is 0. The molecule has 4 heteroatoms. The van der Waals surface area contributed by atoms with Crippen molar-refractivity contribution >= 4 is 0 Å². The first-order chi connectivity index (χ1) is 4.84. The van der Waals surface area contributed by atoms with Crippen LogP contribution in [0.1, 0.15) is 6.42 Å². The fourth-order valence-electron chi connectivity index (χ4n) is 1.13. The predicted octanol–water partition coefficient (Wildman–Crippen LogP) is -1.75. The van der Waals surface area contributed by atoms with Crippen molar-refractivity contribution < 1.29 is 10.2 Å². The van der Waals surface area contributed by atoms with E-state index in [4.69, 9.17) is 5.11 Å². The average Bonchev–Trinajstić information content (AvgIpc) is 1.94. The average molecular weight is 146 g/mol. The Kier molecular flexibility index (Phi) is 3.08. The summed E-state index contributed by atoms with van der Waals surface area (Å²) in [5.74, 6) is 0. The molecule has 0 bridgehead atoms. The molecule has 1 aliphatic rings. The van der Waals surface area contributed by atoms with Crippen LogP contribution in [0.2, 0.25) is 0 Å². The van der Waals surface area contributed by atoms with Gasteiger partial charge in [0.1, 0.15) is 6.23 Å². The number of aliphatic hydroxyl groups excluding tert-OH is 2. The molecule has 1 rings (SSSR count). The van der Waals surface area contributed by atoms with Crippen LogP contribution in [0.5, 0.6) is 0 Å². The number of hydrogen-bond acceptors (Lipinski definition) is 4. The first-order valence-corrected chi connectivity index (χ1v) is 3.60. The van der Waals surface area contributed by atoms with E-state index < -0.39 is 6.23 Å². The van der Waals surface area contributed by atoms with E-state index >= 15 is 0 Å². The number of aliphatic hydroxyl groups is 2. The molecule has 60 valence electrons. The fraction of sp³-hybridized carbons (Fsp3) is 1.00. The lowest BCUT2D eigenvalue weighted by atomic mass is 10.1. The van der Waals surface area contributed by atoms with E-state index in [1.54, 1.807) is 0 Å². The summed E-state index contributed by atoms with van der Waals surface area (Å²) < 4.78 is 0. The van der Waals surface area contributed by atoms with Crippen molar-refractivity contribution in [1.29, 1.82) is 0 Å². The molecule has 1 aliphatic heterocycles. The molecular formula is C6H14N2O2. The number of piperazine rings is 1. The van der Waals surface area contributed by atoms with E-state index in [9.17, 15) is 5.11 Å². The monoisotopic (exact) mass is 146 g/mol. The van der Waals surface area contributed by atoms with Crippen molar-refractivity contribution in [3.8, 4) is 0 Å². The maximum Gasteiger partial charge on any atom is 0.120 e. The normalized spacial score (nSPS) is 34.2. The van der Waals surface area contributed by atoms with Gasteiger partial charge in [0.05, 0.1) is 0 Å². The number of rotatable bonds is 2.